The molecule has 132 heavy (non-hydrogen) atoms. The van der Waals surface area contributed by atoms with Crippen LogP contribution in [0.3, 0.4) is 0 Å². The highest BCUT2D eigenvalue weighted by molar-refractivity contribution is 6.16. The van der Waals surface area contributed by atoms with Gasteiger partial charge in [-0.2, -0.15) is 0 Å². The molecule has 9 heterocycles. The van der Waals surface area contributed by atoms with Crippen LogP contribution in [0.2, 0.25) is 0 Å². The number of fused-ring (bicyclic) bond motifs is 18. The lowest BCUT2D eigenvalue weighted by molar-refractivity contribution is 0.669. The third-order valence-electron chi connectivity index (χ3n) is 26.3. The summed E-state index contributed by atoms with van der Waals surface area (Å²) in [4.78, 5) is 13.4. The molecular formula is C123H80N8O. The minimum Gasteiger partial charge on any atom is -0.456 e. The fourth-order valence-electron chi connectivity index (χ4n) is 20.1. The second-order valence-corrected chi connectivity index (χ2v) is 33.9. The normalized spacial score (nSPS) is 11.6. The van der Waals surface area contributed by atoms with Crippen LogP contribution in [0, 0.1) is 0 Å². The van der Waals surface area contributed by atoms with Gasteiger partial charge >= 0.3 is 0 Å². The zero-order valence-electron chi connectivity index (χ0n) is 71.7. The van der Waals surface area contributed by atoms with Gasteiger partial charge in [0.15, 0.2) is 0 Å². The molecule has 0 fully saturated rings. The molecule has 9 heteroatoms. The summed E-state index contributed by atoms with van der Waals surface area (Å²) in [6.45, 7) is 0. The largest absolute Gasteiger partial charge is 0.456 e. The van der Waals surface area contributed by atoms with E-state index < -0.39 is 0 Å². The van der Waals surface area contributed by atoms with Gasteiger partial charge in [0, 0.05) is 112 Å². The lowest BCUT2D eigenvalue weighted by Crippen LogP contribution is -1.94. The van der Waals surface area contributed by atoms with Crippen molar-refractivity contribution >= 4 is 131 Å². The third kappa shape index (κ3) is 13.4. The highest BCUT2D eigenvalue weighted by Gasteiger charge is 2.22. The molecule has 0 aliphatic heterocycles. The van der Waals surface area contributed by atoms with E-state index in [0.29, 0.717) is 0 Å². The molecule has 9 aromatic heterocycles. The minimum atomic E-state index is 0.918. The first-order valence-corrected chi connectivity index (χ1v) is 44.8. The van der Waals surface area contributed by atoms with E-state index in [1.807, 2.05) is 49.3 Å². The highest BCUT2D eigenvalue weighted by Crippen LogP contribution is 2.44. The van der Waals surface area contributed by atoms with Crippen LogP contribution in [0.15, 0.2) is 491 Å². The Hall–Kier alpha value is -17.8. The second kappa shape index (κ2) is 32.3. The molecule has 0 saturated heterocycles. The number of hydrogen-bond donors (Lipinski definition) is 0. The van der Waals surface area contributed by atoms with E-state index in [-0.39, 0.29) is 0 Å². The first-order valence-electron chi connectivity index (χ1n) is 44.8. The van der Waals surface area contributed by atoms with Crippen LogP contribution in [-0.4, -0.2) is 37.8 Å². The van der Waals surface area contributed by atoms with Crippen molar-refractivity contribution in [3.05, 3.63) is 486 Å². The van der Waals surface area contributed by atoms with Crippen molar-refractivity contribution in [3.8, 4) is 106 Å². The van der Waals surface area contributed by atoms with Gasteiger partial charge in [0.05, 0.1) is 73.8 Å². The van der Waals surface area contributed by atoms with E-state index in [1.54, 1.807) is 0 Å². The molecule has 9 nitrogen and oxygen atoms in total. The van der Waals surface area contributed by atoms with Gasteiger partial charge in [0.1, 0.15) is 11.2 Å². The minimum absolute atomic E-state index is 0.918. The predicted molar refractivity (Wildman–Crippen MR) is 550 cm³/mol. The van der Waals surface area contributed by atoms with Crippen LogP contribution in [0.1, 0.15) is 0 Å². The molecule has 0 N–H and O–H groups in total. The van der Waals surface area contributed by atoms with Gasteiger partial charge in [-0.05, 0) is 254 Å². The summed E-state index contributed by atoms with van der Waals surface area (Å²) in [5, 5.41) is 14.6. The van der Waals surface area contributed by atoms with E-state index in [2.05, 4.69) is 475 Å². The van der Waals surface area contributed by atoms with Crippen molar-refractivity contribution in [3.63, 3.8) is 0 Å². The van der Waals surface area contributed by atoms with Crippen LogP contribution in [0.25, 0.3) is 237 Å². The Balaban J connectivity index is 0.000000106. The van der Waals surface area contributed by atoms with Crippen molar-refractivity contribution in [2.24, 2.45) is 0 Å². The molecule has 0 aliphatic carbocycles. The van der Waals surface area contributed by atoms with E-state index in [1.165, 1.54) is 182 Å². The number of hydrogen-bond acceptors (Lipinski definition) is 4. The molecule has 18 aromatic carbocycles. The van der Waals surface area contributed by atoms with Crippen LogP contribution in [-0.2, 0) is 0 Å². The first-order chi connectivity index (χ1) is 65.5. The summed E-state index contributed by atoms with van der Waals surface area (Å²) in [6.07, 6.45) is 11.5. The molecule has 0 bridgehead atoms. The molecule has 0 saturated carbocycles. The third-order valence-corrected chi connectivity index (χ3v) is 26.3. The maximum atomic E-state index is 6.03. The SMILES string of the molecule is c1ccc(-c2ccc(-n3c4ccc(-c5ccc(-c6ccc7oc8ccccc8c7c6)cc5)cc4c4ccncc43)cc2)cc1.c1ccc(-n2c3ccccc3c3cc(-c4cccc(-c5ccc6c(c5)c5ccncc5n6-c5ccccc5)c4)ccc32)cc1.c1ccc(-n2c3ccccc3c3cc(-c4cccc(-c5ccc6c7ccncc7n(-c7ccccc7)c6c5)c4)ccc32)cc1. The van der Waals surface area contributed by atoms with Crippen molar-refractivity contribution in [1.29, 1.82) is 0 Å². The smallest absolute Gasteiger partial charge is 0.135 e. The number of aromatic nitrogens is 8. The number of pyridine rings is 3. The van der Waals surface area contributed by atoms with Gasteiger partial charge in [0.2, 0.25) is 0 Å². The maximum absolute atomic E-state index is 6.03. The summed E-state index contributed by atoms with van der Waals surface area (Å²) < 4.78 is 17.7. The monoisotopic (exact) mass is 1680 g/mol. The standard InChI is InChI=1S/2C41H27N3.C41H26N2O/c1-3-12-32(13-4-1)43-38-17-8-7-16-34(38)37-25-30(19-21-39(37)43)28-10-9-11-29(24-28)31-18-20-35-36-22-23-42-27-41(36)44(40(35)26-31)33-14-5-2-6-15-33;1-3-12-32(13-4-1)43-38-17-8-7-16-34(38)36-25-30(18-20-39(36)43)28-10-9-11-29(24-28)31-19-21-40-37(26-31)35-22-23-42-27-41(35)44(40)33-14-5-2-6-15-33;1-2-6-27(7-3-1)28-14-18-33(19-15-28)43-38-20-16-31(24-36(38)34-22-23-42-26-39(34)43)29-10-12-30(13-11-29)32-17-21-41-37(25-32)35-8-4-5-9-40(35)44-41/h2*1-27H;1-26H. The molecule has 0 aliphatic rings. The van der Waals surface area contributed by atoms with Gasteiger partial charge in [-0.15, -0.1) is 0 Å². The Morgan fingerprint density at radius 2 is 0.386 bits per heavy atom. The average Bonchev–Trinajstić information content (AvgIpc) is 1.60. The first kappa shape index (κ1) is 76.6. The van der Waals surface area contributed by atoms with E-state index in [4.69, 9.17) is 4.42 Å². The number of para-hydroxylation sites is 7. The fourth-order valence-corrected chi connectivity index (χ4v) is 20.1. The van der Waals surface area contributed by atoms with Gasteiger partial charge < -0.3 is 27.3 Å². The summed E-state index contributed by atoms with van der Waals surface area (Å²) in [5.74, 6) is 0. The molecular weight excluding hydrogens is 1610 g/mol. The van der Waals surface area contributed by atoms with E-state index in [0.717, 1.165) is 55.6 Å². The number of nitrogens with zero attached hydrogens (tertiary/aromatic N) is 8. The van der Waals surface area contributed by atoms with Gasteiger partial charge in [-0.3, -0.25) is 15.0 Å². The van der Waals surface area contributed by atoms with Crippen LogP contribution in [0.4, 0.5) is 0 Å². The molecule has 0 radical (unpaired) electrons. The maximum Gasteiger partial charge on any atom is 0.135 e. The lowest BCUT2D eigenvalue weighted by atomic mass is 9.97. The summed E-state index contributed by atoms with van der Waals surface area (Å²) >= 11 is 0. The summed E-state index contributed by atoms with van der Waals surface area (Å²) in [5.41, 5.74) is 36.1. The van der Waals surface area contributed by atoms with E-state index in [9.17, 15) is 0 Å². The van der Waals surface area contributed by atoms with Crippen molar-refractivity contribution < 1.29 is 4.42 Å². The predicted octanol–water partition coefficient (Wildman–Crippen LogP) is 32.3. The molecule has 27 rings (SSSR count). The van der Waals surface area contributed by atoms with Crippen LogP contribution >= 0.6 is 0 Å². The summed E-state index contributed by atoms with van der Waals surface area (Å²) in [6, 6.07) is 161. The van der Waals surface area contributed by atoms with Crippen LogP contribution in [0.5, 0.6) is 0 Å². The van der Waals surface area contributed by atoms with Gasteiger partial charge in [-0.1, -0.05) is 273 Å². The van der Waals surface area contributed by atoms with Crippen LogP contribution < -0.4 is 0 Å². The number of benzene rings is 18. The Morgan fingerprint density at radius 3 is 0.818 bits per heavy atom. The molecule has 618 valence electrons. The van der Waals surface area contributed by atoms with Crippen molar-refractivity contribution in [2.75, 3.05) is 0 Å². The van der Waals surface area contributed by atoms with Crippen molar-refractivity contribution in [1.82, 2.24) is 37.8 Å². The van der Waals surface area contributed by atoms with E-state index >= 15 is 0 Å². The molecule has 27 aromatic rings. The fraction of sp³-hybridized carbons (Fsp3) is 0. The quantitative estimate of drug-likeness (QED) is 0.122. The summed E-state index contributed by atoms with van der Waals surface area (Å²) in [7, 11) is 0. The topological polar surface area (TPSA) is 76.5 Å². The van der Waals surface area contributed by atoms with Crippen molar-refractivity contribution in [2.45, 2.75) is 0 Å². The second-order valence-electron chi connectivity index (χ2n) is 33.9. The molecule has 0 atom stereocenters. The van der Waals surface area contributed by atoms with Gasteiger partial charge in [-0.25, -0.2) is 0 Å². The Bertz CT molecular complexity index is 8940. The zero-order chi connectivity index (χ0) is 87.1. The number of rotatable bonds is 12. The molecule has 0 amide bonds. The Morgan fingerprint density at radius 1 is 0.136 bits per heavy atom. The molecule has 0 spiro atoms. The lowest BCUT2D eigenvalue weighted by Gasteiger charge is -2.10. The Kier molecular flexibility index (Phi) is 18.7. The average molecular weight is 1690 g/mol. The van der Waals surface area contributed by atoms with Gasteiger partial charge in [0.25, 0.3) is 0 Å². The highest BCUT2D eigenvalue weighted by atomic mass is 16.3. The number of furan rings is 1. The Labute approximate surface area is 760 Å². The molecule has 0 unspecified atom stereocenters. The zero-order valence-corrected chi connectivity index (χ0v) is 71.7.